The zero-order valence-electron chi connectivity index (χ0n) is 15.8. The van der Waals surface area contributed by atoms with Crippen molar-refractivity contribution in [2.24, 2.45) is 5.92 Å². The molecule has 1 amide bonds. The second-order valence-corrected chi connectivity index (χ2v) is 8.53. The second-order valence-electron chi connectivity index (χ2n) is 6.54. The van der Waals surface area contributed by atoms with Crippen LogP contribution in [-0.2, 0) is 14.8 Å². The van der Waals surface area contributed by atoms with Gasteiger partial charge >= 0.3 is 0 Å². The van der Waals surface area contributed by atoms with Crippen LogP contribution in [0.25, 0.3) is 0 Å². The number of carbonyl (C=O) groups is 1. The summed E-state index contributed by atoms with van der Waals surface area (Å²) in [6.07, 6.45) is 3.29. The molecule has 0 bridgehead atoms. The fourth-order valence-corrected chi connectivity index (χ4v) is 4.15. The minimum Gasteiger partial charge on any atom is -0.493 e. The Morgan fingerprint density at radius 2 is 2.00 bits per heavy atom. The minimum atomic E-state index is -3.27. The topological polar surface area (TPSA) is 84.9 Å². The van der Waals surface area contributed by atoms with Crippen molar-refractivity contribution in [3.63, 3.8) is 0 Å². The normalized spacial score (nSPS) is 19.6. The Morgan fingerprint density at radius 3 is 2.58 bits per heavy atom. The van der Waals surface area contributed by atoms with Crippen LogP contribution >= 0.6 is 0 Å². The molecule has 2 atom stereocenters. The molecule has 0 radical (unpaired) electrons. The smallest absolute Gasteiger partial charge is 0.224 e. The predicted molar refractivity (Wildman–Crippen MR) is 99.9 cm³/mol. The van der Waals surface area contributed by atoms with Crippen LogP contribution in [-0.4, -0.2) is 52.2 Å². The van der Waals surface area contributed by atoms with Gasteiger partial charge in [-0.25, -0.2) is 12.7 Å². The average Bonchev–Trinajstić information content (AvgIpc) is 2.64. The summed E-state index contributed by atoms with van der Waals surface area (Å²) in [6, 6.07) is 5.40. The van der Waals surface area contributed by atoms with E-state index in [0.717, 1.165) is 5.56 Å². The summed E-state index contributed by atoms with van der Waals surface area (Å²) in [5.74, 6) is 0.805. The lowest BCUT2D eigenvalue weighted by Crippen LogP contribution is -2.45. The first kappa shape index (κ1) is 20.5. The molecule has 1 heterocycles. The summed E-state index contributed by atoms with van der Waals surface area (Å²) in [7, 11) is -0.123. The zero-order valence-corrected chi connectivity index (χ0v) is 16.6. The Hall–Kier alpha value is -1.80. The molecule has 1 aliphatic heterocycles. The van der Waals surface area contributed by atoms with E-state index in [2.05, 4.69) is 5.32 Å². The van der Waals surface area contributed by atoms with Crippen LogP contribution in [0.3, 0.4) is 0 Å². The monoisotopic (exact) mass is 384 g/mol. The van der Waals surface area contributed by atoms with E-state index in [1.165, 1.54) is 10.6 Å². The molecular weight excluding hydrogens is 356 g/mol. The molecule has 1 aromatic rings. The van der Waals surface area contributed by atoms with Crippen LogP contribution in [0.5, 0.6) is 11.5 Å². The van der Waals surface area contributed by atoms with E-state index in [-0.39, 0.29) is 24.4 Å². The molecule has 7 nitrogen and oxygen atoms in total. The number of hydrogen-bond donors (Lipinski definition) is 1. The van der Waals surface area contributed by atoms with Gasteiger partial charge < -0.3 is 14.8 Å². The van der Waals surface area contributed by atoms with Crippen LogP contribution in [0.2, 0.25) is 0 Å². The van der Waals surface area contributed by atoms with Gasteiger partial charge in [-0.05, 0) is 37.0 Å². The molecule has 2 rings (SSSR count). The van der Waals surface area contributed by atoms with Gasteiger partial charge in [-0.1, -0.05) is 13.0 Å². The molecule has 1 fully saturated rings. The van der Waals surface area contributed by atoms with Gasteiger partial charge in [-0.15, -0.1) is 0 Å². The molecule has 0 saturated carbocycles. The number of nitrogens with one attached hydrogen (secondary N) is 1. The van der Waals surface area contributed by atoms with E-state index < -0.39 is 10.0 Å². The van der Waals surface area contributed by atoms with E-state index in [1.54, 1.807) is 14.2 Å². The third-order valence-electron chi connectivity index (χ3n) is 4.76. The summed E-state index contributed by atoms with van der Waals surface area (Å²) in [6.45, 7) is 2.72. The Labute approximate surface area is 155 Å². The number of rotatable bonds is 7. The molecule has 0 aromatic heterocycles. The molecule has 0 aliphatic carbocycles. The summed E-state index contributed by atoms with van der Waals surface area (Å²) >= 11 is 0. The third kappa shape index (κ3) is 4.88. The van der Waals surface area contributed by atoms with Gasteiger partial charge in [-0.2, -0.15) is 0 Å². The molecule has 146 valence electrons. The largest absolute Gasteiger partial charge is 0.493 e. The van der Waals surface area contributed by atoms with Crippen molar-refractivity contribution in [2.45, 2.75) is 32.2 Å². The molecule has 26 heavy (non-hydrogen) atoms. The van der Waals surface area contributed by atoms with Crippen molar-refractivity contribution < 1.29 is 22.7 Å². The van der Waals surface area contributed by atoms with Gasteiger partial charge in [0.2, 0.25) is 15.9 Å². The number of carbonyl (C=O) groups excluding carboxylic acids is 1. The number of methoxy groups -OCH3 is 2. The lowest BCUT2D eigenvalue weighted by molar-refractivity contribution is -0.126. The molecule has 1 aliphatic rings. The number of ether oxygens (including phenoxy) is 2. The van der Waals surface area contributed by atoms with E-state index in [4.69, 9.17) is 9.47 Å². The molecule has 1 N–H and O–H groups in total. The highest BCUT2D eigenvalue weighted by Gasteiger charge is 2.31. The van der Waals surface area contributed by atoms with Crippen LogP contribution in [0.15, 0.2) is 18.2 Å². The summed E-state index contributed by atoms with van der Waals surface area (Å²) < 4.78 is 35.5. The number of amides is 1. The Morgan fingerprint density at radius 1 is 1.31 bits per heavy atom. The maximum atomic E-state index is 12.7. The lowest BCUT2D eigenvalue weighted by atomic mass is 9.97. The highest BCUT2D eigenvalue weighted by molar-refractivity contribution is 7.88. The third-order valence-corrected chi connectivity index (χ3v) is 6.03. The van der Waals surface area contributed by atoms with Crippen molar-refractivity contribution in [3.8, 4) is 11.5 Å². The first-order valence-corrected chi connectivity index (χ1v) is 10.6. The summed E-state index contributed by atoms with van der Waals surface area (Å²) in [4.78, 5) is 12.7. The molecule has 1 saturated heterocycles. The molecule has 1 aromatic carbocycles. The van der Waals surface area contributed by atoms with Crippen molar-refractivity contribution in [2.75, 3.05) is 33.6 Å². The van der Waals surface area contributed by atoms with Crippen LogP contribution in [0.4, 0.5) is 0 Å². The minimum absolute atomic E-state index is 0.111. The first-order chi connectivity index (χ1) is 12.3. The van der Waals surface area contributed by atoms with Gasteiger partial charge in [0, 0.05) is 13.1 Å². The average molecular weight is 384 g/mol. The van der Waals surface area contributed by atoms with Crippen LogP contribution < -0.4 is 14.8 Å². The SMILES string of the molecule is CC[C@H](NC(=O)[C@H]1CCCN(S(C)(=O)=O)C1)c1ccc(OC)c(OC)c1. The van der Waals surface area contributed by atoms with E-state index in [0.29, 0.717) is 37.3 Å². The first-order valence-electron chi connectivity index (χ1n) is 8.77. The second kappa shape index (κ2) is 8.73. The number of sulfonamides is 1. The Balaban J connectivity index is 2.11. The quantitative estimate of drug-likeness (QED) is 0.777. The van der Waals surface area contributed by atoms with Crippen LogP contribution in [0.1, 0.15) is 37.8 Å². The maximum Gasteiger partial charge on any atom is 0.224 e. The van der Waals surface area contributed by atoms with Gasteiger partial charge in [0.25, 0.3) is 0 Å². The fourth-order valence-electron chi connectivity index (χ4n) is 3.24. The summed E-state index contributed by atoms with van der Waals surface area (Å²) in [5, 5.41) is 3.06. The molecule has 0 spiro atoms. The Bertz CT molecular complexity index is 735. The highest BCUT2D eigenvalue weighted by Crippen LogP contribution is 2.31. The van der Waals surface area contributed by atoms with Gasteiger partial charge in [0.05, 0.1) is 32.4 Å². The molecular formula is C18H28N2O5S. The van der Waals surface area contributed by atoms with E-state index in [9.17, 15) is 13.2 Å². The van der Waals surface area contributed by atoms with Crippen LogP contribution in [0, 0.1) is 5.92 Å². The number of nitrogens with zero attached hydrogens (tertiary/aromatic N) is 1. The van der Waals surface area contributed by atoms with Crippen molar-refractivity contribution >= 4 is 15.9 Å². The maximum absolute atomic E-state index is 12.7. The van der Waals surface area contributed by atoms with Gasteiger partial charge in [-0.3, -0.25) is 4.79 Å². The fraction of sp³-hybridized carbons (Fsp3) is 0.611. The lowest BCUT2D eigenvalue weighted by Gasteiger charge is -2.31. The van der Waals surface area contributed by atoms with E-state index in [1.807, 2.05) is 25.1 Å². The summed E-state index contributed by atoms with van der Waals surface area (Å²) in [5.41, 5.74) is 0.925. The van der Waals surface area contributed by atoms with Crippen molar-refractivity contribution in [3.05, 3.63) is 23.8 Å². The number of benzene rings is 1. The van der Waals surface area contributed by atoms with Gasteiger partial charge in [0.15, 0.2) is 11.5 Å². The predicted octanol–water partition coefficient (Wildman–Crippen LogP) is 1.94. The molecule has 0 unspecified atom stereocenters. The number of hydrogen-bond acceptors (Lipinski definition) is 5. The highest BCUT2D eigenvalue weighted by atomic mass is 32.2. The van der Waals surface area contributed by atoms with Crippen molar-refractivity contribution in [1.82, 2.24) is 9.62 Å². The zero-order chi connectivity index (χ0) is 19.3. The van der Waals surface area contributed by atoms with Crippen molar-refractivity contribution in [1.29, 1.82) is 0 Å². The van der Waals surface area contributed by atoms with E-state index >= 15 is 0 Å². The van der Waals surface area contributed by atoms with Gasteiger partial charge in [0.1, 0.15) is 0 Å². The Kier molecular flexibility index (Phi) is 6.88. The molecule has 8 heteroatoms. The standard InChI is InChI=1S/C18H28N2O5S/c1-5-15(13-8-9-16(24-2)17(11-13)25-3)19-18(21)14-7-6-10-20(12-14)26(4,22)23/h8-9,11,14-15H,5-7,10,12H2,1-4H3,(H,19,21)/t14-,15-/m0/s1. The number of piperidine rings is 1.